The van der Waals surface area contributed by atoms with Crippen LogP contribution in [0.4, 0.5) is 0 Å². The lowest BCUT2D eigenvalue weighted by Crippen LogP contribution is -2.49. The van der Waals surface area contributed by atoms with Crippen LogP contribution in [-0.4, -0.2) is 74.0 Å². The number of piperazine rings is 1. The van der Waals surface area contributed by atoms with E-state index in [9.17, 15) is 9.59 Å². The largest absolute Gasteiger partial charge is 0.370 e. The number of carbonyl (C=O) groups is 2. The molecule has 1 unspecified atom stereocenters. The van der Waals surface area contributed by atoms with Crippen LogP contribution in [0.15, 0.2) is 53.5 Å². The van der Waals surface area contributed by atoms with E-state index in [0.29, 0.717) is 31.8 Å². The molecule has 2 aliphatic rings. The molecular weight excluding hydrogens is 545 g/mol. The molecular formula is C25H32IN5O3. The number of rotatable bonds is 4. The average Bonchev–Trinajstić information content (AvgIpc) is 2.85. The molecule has 0 aliphatic carbocycles. The first-order valence-electron chi connectivity index (χ1n) is 11.3. The maximum Gasteiger partial charge on any atom is 0.254 e. The molecule has 2 fully saturated rings. The molecule has 2 aromatic rings. The van der Waals surface area contributed by atoms with Crippen molar-refractivity contribution >= 4 is 41.8 Å². The quantitative estimate of drug-likeness (QED) is 0.331. The fourth-order valence-corrected chi connectivity index (χ4v) is 4.25. The number of carbonyl (C=O) groups excluding carboxylic acids is 2. The van der Waals surface area contributed by atoms with Crippen molar-refractivity contribution in [3.05, 3.63) is 70.8 Å². The van der Waals surface area contributed by atoms with Crippen LogP contribution in [0.5, 0.6) is 0 Å². The molecule has 2 N–H and O–H groups in total. The number of benzene rings is 2. The van der Waals surface area contributed by atoms with E-state index in [1.807, 2.05) is 36.4 Å². The van der Waals surface area contributed by atoms with Gasteiger partial charge in [0.15, 0.2) is 5.96 Å². The molecule has 2 saturated heterocycles. The van der Waals surface area contributed by atoms with E-state index in [2.05, 4.69) is 39.6 Å². The predicted molar refractivity (Wildman–Crippen MR) is 142 cm³/mol. The fraction of sp³-hybridized carbons (Fsp3) is 0.400. The summed E-state index contributed by atoms with van der Waals surface area (Å²) in [6.07, 6.45) is 0.0145. The van der Waals surface area contributed by atoms with Crippen LogP contribution in [0.2, 0.25) is 0 Å². The van der Waals surface area contributed by atoms with Crippen molar-refractivity contribution in [3.63, 3.8) is 0 Å². The van der Waals surface area contributed by atoms with E-state index >= 15 is 0 Å². The number of hydrogen-bond acceptors (Lipinski definition) is 4. The Bertz CT molecular complexity index is 1030. The molecule has 2 heterocycles. The van der Waals surface area contributed by atoms with Crippen molar-refractivity contribution in [2.45, 2.75) is 19.6 Å². The summed E-state index contributed by atoms with van der Waals surface area (Å²) in [6, 6.07) is 15.8. The summed E-state index contributed by atoms with van der Waals surface area (Å²) >= 11 is 0. The minimum atomic E-state index is -0.116. The van der Waals surface area contributed by atoms with Crippen LogP contribution >= 0.6 is 24.0 Å². The minimum Gasteiger partial charge on any atom is -0.370 e. The third kappa shape index (κ3) is 6.26. The number of morpholine rings is 1. The highest BCUT2D eigenvalue weighted by Gasteiger charge is 2.25. The molecule has 0 spiro atoms. The fourth-order valence-electron chi connectivity index (χ4n) is 4.25. The van der Waals surface area contributed by atoms with E-state index in [0.717, 1.165) is 24.6 Å². The highest BCUT2D eigenvalue weighted by atomic mass is 127. The van der Waals surface area contributed by atoms with Crippen molar-refractivity contribution < 1.29 is 14.3 Å². The van der Waals surface area contributed by atoms with Gasteiger partial charge in [-0.25, -0.2) is 0 Å². The molecule has 0 bridgehead atoms. The standard InChI is InChI=1S/C25H31N5O3.HI/c1-18-5-3-4-6-21(18)22-16-30(13-14-33-22)25(26-2)28-15-19-7-9-20(10-8-19)24(32)29-12-11-27-23(31)17-29;/h3-10,22H,11-17H2,1-2H3,(H,26,28)(H,27,31);1H. The van der Waals surface area contributed by atoms with Gasteiger partial charge < -0.3 is 25.2 Å². The molecule has 9 heteroatoms. The van der Waals surface area contributed by atoms with Crippen molar-refractivity contribution in [3.8, 4) is 0 Å². The Hall–Kier alpha value is -2.66. The maximum atomic E-state index is 12.6. The Kier molecular flexibility index (Phi) is 9.28. The van der Waals surface area contributed by atoms with E-state index in [1.54, 1.807) is 11.9 Å². The molecule has 2 amide bonds. The maximum absolute atomic E-state index is 12.6. The highest BCUT2D eigenvalue weighted by molar-refractivity contribution is 14.0. The molecule has 0 saturated carbocycles. The van der Waals surface area contributed by atoms with Crippen LogP contribution in [-0.2, 0) is 16.1 Å². The van der Waals surface area contributed by atoms with Crippen LogP contribution < -0.4 is 10.6 Å². The predicted octanol–water partition coefficient (Wildman–Crippen LogP) is 2.33. The summed E-state index contributed by atoms with van der Waals surface area (Å²) in [6.45, 7) is 6.01. The summed E-state index contributed by atoms with van der Waals surface area (Å²) in [4.78, 5) is 32.5. The number of halogens is 1. The van der Waals surface area contributed by atoms with Crippen LogP contribution in [0, 0.1) is 6.92 Å². The Labute approximate surface area is 217 Å². The van der Waals surface area contributed by atoms with Gasteiger partial charge in [-0.1, -0.05) is 36.4 Å². The zero-order valence-electron chi connectivity index (χ0n) is 19.6. The van der Waals surface area contributed by atoms with Gasteiger partial charge in [0, 0.05) is 38.8 Å². The molecule has 1 atom stereocenters. The summed E-state index contributed by atoms with van der Waals surface area (Å²) in [5.74, 6) is 0.599. The Balaban J connectivity index is 0.00000324. The van der Waals surface area contributed by atoms with Gasteiger partial charge in [-0.2, -0.15) is 0 Å². The summed E-state index contributed by atoms with van der Waals surface area (Å²) in [5, 5.41) is 6.17. The van der Waals surface area contributed by atoms with E-state index in [4.69, 9.17) is 4.74 Å². The number of ether oxygens (including phenoxy) is 1. The smallest absolute Gasteiger partial charge is 0.254 e. The van der Waals surface area contributed by atoms with Gasteiger partial charge in [-0.15, -0.1) is 24.0 Å². The molecule has 0 radical (unpaired) electrons. The molecule has 4 rings (SSSR count). The number of guanidine groups is 1. The minimum absolute atomic E-state index is 0. The lowest BCUT2D eigenvalue weighted by molar-refractivity contribution is -0.123. The van der Waals surface area contributed by atoms with Gasteiger partial charge in [0.25, 0.3) is 5.91 Å². The molecule has 2 aromatic carbocycles. The van der Waals surface area contributed by atoms with Crippen LogP contribution in [0.1, 0.15) is 33.2 Å². The topological polar surface area (TPSA) is 86.3 Å². The van der Waals surface area contributed by atoms with Gasteiger partial charge in [-0.05, 0) is 35.7 Å². The number of nitrogens with zero attached hydrogens (tertiary/aromatic N) is 3. The lowest BCUT2D eigenvalue weighted by atomic mass is 10.0. The van der Waals surface area contributed by atoms with Crippen molar-refractivity contribution in [2.24, 2.45) is 4.99 Å². The van der Waals surface area contributed by atoms with Gasteiger partial charge in [0.1, 0.15) is 6.10 Å². The SMILES string of the molecule is CN=C(NCc1ccc(C(=O)N2CCNC(=O)C2)cc1)N1CCOC(c2ccccc2C)C1.I. The molecule has 182 valence electrons. The first-order valence-corrected chi connectivity index (χ1v) is 11.3. The highest BCUT2D eigenvalue weighted by Crippen LogP contribution is 2.25. The molecule has 8 nitrogen and oxygen atoms in total. The molecule has 0 aromatic heterocycles. The third-order valence-electron chi connectivity index (χ3n) is 6.09. The summed E-state index contributed by atoms with van der Waals surface area (Å²) < 4.78 is 6.04. The zero-order chi connectivity index (χ0) is 23.2. The second-order valence-corrected chi connectivity index (χ2v) is 8.34. The second-order valence-electron chi connectivity index (χ2n) is 8.34. The number of aliphatic imine (C=N–C) groups is 1. The van der Waals surface area contributed by atoms with Crippen molar-refractivity contribution in [2.75, 3.05) is 46.4 Å². The molecule has 2 aliphatic heterocycles. The van der Waals surface area contributed by atoms with Crippen LogP contribution in [0.3, 0.4) is 0 Å². The van der Waals surface area contributed by atoms with E-state index in [1.165, 1.54) is 11.1 Å². The van der Waals surface area contributed by atoms with Gasteiger partial charge in [-0.3, -0.25) is 14.6 Å². The van der Waals surface area contributed by atoms with E-state index < -0.39 is 0 Å². The van der Waals surface area contributed by atoms with Crippen LogP contribution in [0.25, 0.3) is 0 Å². The monoisotopic (exact) mass is 577 g/mol. The number of aryl methyl sites for hydroxylation is 1. The Morgan fingerprint density at radius 3 is 2.62 bits per heavy atom. The van der Waals surface area contributed by atoms with Gasteiger partial charge in [0.2, 0.25) is 5.91 Å². The summed E-state index contributed by atoms with van der Waals surface area (Å²) in [7, 11) is 1.79. The molecule has 34 heavy (non-hydrogen) atoms. The average molecular weight is 577 g/mol. The Morgan fingerprint density at radius 2 is 1.91 bits per heavy atom. The number of amides is 2. The lowest BCUT2D eigenvalue weighted by Gasteiger charge is -2.35. The normalized spacial score (nSPS) is 18.7. The van der Waals surface area contributed by atoms with Gasteiger partial charge >= 0.3 is 0 Å². The first-order chi connectivity index (χ1) is 16.0. The number of nitrogens with one attached hydrogen (secondary N) is 2. The van der Waals surface area contributed by atoms with Crippen molar-refractivity contribution in [1.29, 1.82) is 0 Å². The number of hydrogen-bond donors (Lipinski definition) is 2. The van der Waals surface area contributed by atoms with E-state index in [-0.39, 0.29) is 48.4 Å². The first kappa shape index (κ1) is 26.0. The second kappa shape index (κ2) is 12.2. The zero-order valence-corrected chi connectivity index (χ0v) is 22.0. The Morgan fingerprint density at radius 1 is 1.15 bits per heavy atom. The summed E-state index contributed by atoms with van der Waals surface area (Å²) in [5.41, 5.74) is 4.08. The third-order valence-corrected chi connectivity index (χ3v) is 6.09. The van der Waals surface area contributed by atoms with Gasteiger partial charge in [0.05, 0.1) is 19.7 Å². The van der Waals surface area contributed by atoms with Crippen molar-refractivity contribution in [1.82, 2.24) is 20.4 Å².